The van der Waals surface area contributed by atoms with Crippen LogP contribution in [0.5, 0.6) is 28.7 Å². The molecule has 0 atom stereocenters. The minimum absolute atomic E-state index is 0.0265. The van der Waals surface area contributed by atoms with Crippen LogP contribution in [0.4, 0.5) is 0 Å². The summed E-state index contributed by atoms with van der Waals surface area (Å²) in [5, 5.41) is 0. The third-order valence-electron chi connectivity index (χ3n) is 5.14. The summed E-state index contributed by atoms with van der Waals surface area (Å²) in [5.74, 6) is 1.20. The maximum Gasteiger partial charge on any atom is 0.339 e. The molecule has 0 saturated carbocycles. The maximum atomic E-state index is 12.8. The van der Waals surface area contributed by atoms with Gasteiger partial charge in [0.25, 0.3) is 0 Å². The number of allylic oxidation sites excluding steroid dienone is 1. The lowest BCUT2D eigenvalue weighted by Crippen LogP contribution is -2.09. The van der Waals surface area contributed by atoms with Crippen LogP contribution < -0.4 is 23.1 Å². The van der Waals surface area contributed by atoms with Crippen LogP contribution >= 0.6 is 0 Å². The van der Waals surface area contributed by atoms with Crippen LogP contribution in [0.2, 0.25) is 0 Å². The van der Waals surface area contributed by atoms with Crippen LogP contribution in [0.3, 0.4) is 0 Å². The molecule has 0 N–H and O–H groups in total. The topological polar surface area (TPSA) is 97.4 Å². The Hall–Kier alpha value is -3.98. The summed E-state index contributed by atoms with van der Waals surface area (Å²) in [6.45, 7) is 1.86. The van der Waals surface area contributed by atoms with Crippen molar-refractivity contribution < 1.29 is 36.3 Å². The van der Waals surface area contributed by atoms with Crippen LogP contribution in [0.1, 0.15) is 21.5 Å². The van der Waals surface area contributed by atoms with E-state index in [-0.39, 0.29) is 27.9 Å². The number of hydrogen-bond donors (Lipinski definition) is 0. The number of Topliss-reactive ketones (excluding diaryl/α,β-unsaturated/α-hetero) is 1. The first kappa shape index (κ1) is 23.2. The van der Waals surface area contributed by atoms with Crippen molar-refractivity contribution in [3.8, 4) is 28.7 Å². The molecule has 3 aromatic rings. The second-order valence-corrected chi connectivity index (χ2v) is 8.95. The van der Waals surface area contributed by atoms with Gasteiger partial charge in [0.2, 0.25) is 11.5 Å². The molecule has 0 amide bonds. The standard InChI is InChI=1S/C25H22O8S/c1-15-5-8-18(9-6-15)34(27,28)33-17-7-10-19-20(14-17)32-21(24(19)26)11-16-12-22(29-2)25(31-4)23(13-16)30-3/h5-14H,1-4H3. The molecule has 4 rings (SSSR count). The first-order valence-electron chi connectivity index (χ1n) is 10.1. The maximum absolute atomic E-state index is 12.8. The van der Waals surface area contributed by atoms with Crippen molar-refractivity contribution in [3.63, 3.8) is 0 Å². The molecule has 1 heterocycles. The minimum atomic E-state index is -4.04. The molecular formula is C25H22O8S. The van der Waals surface area contributed by atoms with Crippen molar-refractivity contribution in [1.82, 2.24) is 0 Å². The van der Waals surface area contributed by atoms with Crippen LogP contribution in [-0.4, -0.2) is 35.5 Å². The number of rotatable bonds is 7. The number of carbonyl (C=O) groups is 1. The summed E-state index contributed by atoms with van der Waals surface area (Å²) < 4.78 is 52.1. The lowest BCUT2D eigenvalue weighted by molar-refractivity contribution is 0.101. The van der Waals surface area contributed by atoms with E-state index in [0.29, 0.717) is 28.4 Å². The van der Waals surface area contributed by atoms with Gasteiger partial charge < -0.3 is 23.1 Å². The van der Waals surface area contributed by atoms with Crippen molar-refractivity contribution in [3.05, 3.63) is 77.0 Å². The molecule has 0 aliphatic carbocycles. The van der Waals surface area contributed by atoms with E-state index in [1.54, 1.807) is 24.3 Å². The first-order valence-corrected chi connectivity index (χ1v) is 11.6. The molecule has 0 bridgehead atoms. The summed E-state index contributed by atoms with van der Waals surface area (Å²) in [6, 6.07) is 13.9. The zero-order chi connectivity index (χ0) is 24.5. The van der Waals surface area contributed by atoms with Crippen molar-refractivity contribution in [2.45, 2.75) is 11.8 Å². The van der Waals surface area contributed by atoms with Crippen molar-refractivity contribution in [2.24, 2.45) is 0 Å². The van der Waals surface area contributed by atoms with E-state index in [9.17, 15) is 13.2 Å². The van der Waals surface area contributed by atoms with Crippen molar-refractivity contribution >= 4 is 22.0 Å². The third kappa shape index (κ3) is 4.42. The quantitative estimate of drug-likeness (QED) is 0.361. The Morgan fingerprint density at radius 2 is 1.50 bits per heavy atom. The van der Waals surface area contributed by atoms with Gasteiger partial charge in [-0.15, -0.1) is 0 Å². The highest BCUT2D eigenvalue weighted by Crippen LogP contribution is 2.40. The predicted molar refractivity (Wildman–Crippen MR) is 124 cm³/mol. The smallest absolute Gasteiger partial charge is 0.339 e. The molecule has 176 valence electrons. The van der Waals surface area contributed by atoms with Gasteiger partial charge in [-0.1, -0.05) is 17.7 Å². The van der Waals surface area contributed by atoms with E-state index in [1.807, 2.05) is 6.92 Å². The molecule has 0 radical (unpaired) electrons. The van der Waals surface area contributed by atoms with Gasteiger partial charge in [0, 0.05) is 6.07 Å². The summed E-state index contributed by atoms with van der Waals surface area (Å²) >= 11 is 0. The SMILES string of the molecule is COc1cc(C=C2Oc3cc(OS(=O)(=O)c4ccc(C)cc4)ccc3C2=O)cc(OC)c1OC. The lowest BCUT2D eigenvalue weighted by atomic mass is 10.1. The largest absolute Gasteiger partial charge is 0.493 e. The summed E-state index contributed by atoms with van der Waals surface area (Å²) in [5.41, 5.74) is 1.80. The number of methoxy groups -OCH3 is 3. The van der Waals surface area contributed by atoms with Crippen molar-refractivity contribution in [1.29, 1.82) is 0 Å². The number of carbonyl (C=O) groups excluding carboxylic acids is 1. The normalized spacial score (nSPS) is 13.9. The highest BCUT2D eigenvalue weighted by atomic mass is 32.2. The average molecular weight is 483 g/mol. The molecule has 8 nitrogen and oxygen atoms in total. The minimum Gasteiger partial charge on any atom is -0.493 e. The molecule has 0 aromatic heterocycles. The molecule has 1 aliphatic heterocycles. The Kier molecular flexibility index (Phi) is 6.21. The van der Waals surface area contributed by atoms with Gasteiger partial charge in [-0.3, -0.25) is 4.79 Å². The fourth-order valence-corrected chi connectivity index (χ4v) is 4.36. The predicted octanol–water partition coefficient (Wildman–Crippen LogP) is 4.40. The molecule has 0 saturated heterocycles. The summed E-state index contributed by atoms with van der Waals surface area (Å²) in [4.78, 5) is 12.9. The zero-order valence-corrected chi connectivity index (χ0v) is 19.8. The van der Waals surface area contributed by atoms with E-state index >= 15 is 0 Å². The molecule has 9 heteroatoms. The first-order chi connectivity index (χ1) is 16.2. The Labute approximate surface area is 197 Å². The Bertz CT molecular complexity index is 1360. The average Bonchev–Trinajstić information content (AvgIpc) is 3.12. The van der Waals surface area contributed by atoms with Gasteiger partial charge >= 0.3 is 10.1 Å². The number of ether oxygens (including phenoxy) is 4. The molecular weight excluding hydrogens is 460 g/mol. The molecule has 3 aromatic carbocycles. The number of fused-ring (bicyclic) bond motifs is 1. The molecule has 1 aliphatic rings. The summed E-state index contributed by atoms with van der Waals surface area (Å²) in [6.07, 6.45) is 1.54. The second kappa shape index (κ2) is 9.11. The van der Waals surface area contributed by atoms with E-state index in [1.165, 1.54) is 57.7 Å². The number of ketones is 1. The van der Waals surface area contributed by atoms with Crippen LogP contribution in [-0.2, 0) is 10.1 Å². The second-order valence-electron chi connectivity index (χ2n) is 7.41. The van der Waals surface area contributed by atoms with E-state index in [2.05, 4.69) is 0 Å². The van der Waals surface area contributed by atoms with Crippen LogP contribution in [0, 0.1) is 6.92 Å². The highest BCUT2D eigenvalue weighted by Gasteiger charge is 2.29. The van der Waals surface area contributed by atoms with E-state index < -0.39 is 10.1 Å². The van der Waals surface area contributed by atoms with Gasteiger partial charge in [-0.05, 0) is 55.0 Å². The molecule has 0 unspecified atom stereocenters. The Balaban J connectivity index is 1.62. The fraction of sp³-hybridized carbons (Fsp3) is 0.160. The molecule has 0 fully saturated rings. The Morgan fingerprint density at radius 1 is 0.853 bits per heavy atom. The molecule has 34 heavy (non-hydrogen) atoms. The number of hydrogen-bond acceptors (Lipinski definition) is 8. The van der Waals surface area contributed by atoms with Gasteiger partial charge in [-0.25, -0.2) is 0 Å². The Morgan fingerprint density at radius 3 is 2.09 bits per heavy atom. The van der Waals surface area contributed by atoms with Crippen LogP contribution in [0.15, 0.2) is 65.3 Å². The monoisotopic (exact) mass is 482 g/mol. The number of benzene rings is 3. The van der Waals surface area contributed by atoms with Gasteiger partial charge in [-0.2, -0.15) is 8.42 Å². The van der Waals surface area contributed by atoms with Gasteiger partial charge in [0.15, 0.2) is 17.3 Å². The third-order valence-corrected chi connectivity index (χ3v) is 6.40. The van der Waals surface area contributed by atoms with Crippen LogP contribution in [0.25, 0.3) is 6.08 Å². The van der Waals surface area contributed by atoms with Crippen molar-refractivity contribution in [2.75, 3.05) is 21.3 Å². The lowest BCUT2D eigenvalue weighted by Gasteiger charge is -2.13. The molecule has 0 spiro atoms. The van der Waals surface area contributed by atoms with Gasteiger partial charge in [0.1, 0.15) is 16.4 Å². The zero-order valence-electron chi connectivity index (χ0n) is 18.9. The summed E-state index contributed by atoms with van der Waals surface area (Å²) in [7, 11) is 0.445. The fourth-order valence-electron chi connectivity index (χ4n) is 3.43. The highest BCUT2D eigenvalue weighted by molar-refractivity contribution is 7.87. The van der Waals surface area contributed by atoms with E-state index in [0.717, 1.165) is 5.56 Å². The van der Waals surface area contributed by atoms with Gasteiger partial charge in [0.05, 0.1) is 26.9 Å². The van der Waals surface area contributed by atoms with E-state index in [4.69, 9.17) is 23.1 Å². The number of aryl methyl sites for hydroxylation is 1.